The van der Waals surface area contributed by atoms with Gasteiger partial charge in [0.05, 0.1) is 35.6 Å². The summed E-state index contributed by atoms with van der Waals surface area (Å²) >= 11 is 0. The predicted octanol–water partition coefficient (Wildman–Crippen LogP) is 3.42. The molecule has 3 aromatic rings. The minimum atomic E-state index is -4.47. The maximum absolute atomic E-state index is 13.2. The normalized spacial score (nSPS) is 13.8. The van der Waals surface area contributed by atoms with Crippen LogP contribution in [0.15, 0.2) is 52.6 Å². The molecule has 32 heavy (non-hydrogen) atoms. The van der Waals surface area contributed by atoms with Crippen molar-refractivity contribution in [1.29, 1.82) is 0 Å². The Balaban J connectivity index is 2.32. The van der Waals surface area contributed by atoms with E-state index < -0.39 is 23.3 Å². The lowest BCUT2D eigenvalue weighted by Crippen LogP contribution is -2.27. The van der Waals surface area contributed by atoms with E-state index in [9.17, 15) is 23.1 Å². The highest BCUT2D eigenvalue weighted by Crippen LogP contribution is 2.31. The molecule has 0 fully saturated rings. The zero-order valence-electron chi connectivity index (χ0n) is 17.5. The fourth-order valence-corrected chi connectivity index (χ4v) is 3.32. The number of aliphatic hydroxyl groups excluding tert-OH is 1. The number of aromatic nitrogens is 3. The Morgan fingerprint density at radius 3 is 2.53 bits per heavy atom. The molecular weight excluding hydrogens is 423 g/mol. The van der Waals surface area contributed by atoms with Gasteiger partial charge < -0.3 is 10.8 Å². The van der Waals surface area contributed by atoms with Crippen molar-refractivity contribution in [2.75, 3.05) is 13.7 Å². The number of halogens is 3. The van der Waals surface area contributed by atoms with E-state index >= 15 is 0 Å². The van der Waals surface area contributed by atoms with E-state index in [2.05, 4.69) is 15.0 Å². The highest BCUT2D eigenvalue weighted by atomic mass is 19.4. The molecule has 1 atom stereocenters. The Morgan fingerprint density at radius 1 is 1.31 bits per heavy atom. The van der Waals surface area contributed by atoms with Crippen molar-refractivity contribution in [3.63, 3.8) is 0 Å². The van der Waals surface area contributed by atoms with E-state index in [0.29, 0.717) is 17.6 Å². The zero-order valence-corrected chi connectivity index (χ0v) is 17.5. The van der Waals surface area contributed by atoms with Crippen LogP contribution in [-0.4, -0.2) is 39.5 Å². The molecule has 2 heterocycles. The van der Waals surface area contributed by atoms with Crippen LogP contribution in [0.3, 0.4) is 0 Å². The largest absolute Gasteiger partial charge is 0.416 e. The zero-order chi connectivity index (χ0) is 23.5. The number of hydrogen-bond donors (Lipinski definition) is 2. The first-order valence-electron chi connectivity index (χ1n) is 9.79. The summed E-state index contributed by atoms with van der Waals surface area (Å²) in [4.78, 5) is 26.1. The van der Waals surface area contributed by atoms with E-state index in [4.69, 9.17) is 5.73 Å². The van der Waals surface area contributed by atoms with Crippen molar-refractivity contribution in [1.82, 2.24) is 14.5 Å². The third kappa shape index (κ3) is 4.40. The van der Waals surface area contributed by atoms with Crippen molar-refractivity contribution >= 4 is 22.7 Å². The number of fused-ring (bicyclic) bond motifs is 1. The summed E-state index contributed by atoms with van der Waals surface area (Å²) in [6.45, 7) is 1.58. The minimum absolute atomic E-state index is 0.197. The van der Waals surface area contributed by atoms with Gasteiger partial charge in [-0.3, -0.25) is 14.4 Å². The molecule has 1 unspecified atom stereocenters. The molecule has 3 N–H and O–H groups in total. The molecule has 0 aliphatic rings. The second-order valence-electron chi connectivity index (χ2n) is 7.04. The Morgan fingerprint density at radius 2 is 2.00 bits per heavy atom. The van der Waals surface area contributed by atoms with Gasteiger partial charge in [-0.15, -0.1) is 0 Å². The van der Waals surface area contributed by atoms with Crippen molar-refractivity contribution in [2.45, 2.75) is 25.6 Å². The Hall–Kier alpha value is -3.53. The van der Waals surface area contributed by atoms with Crippen molar-refractivity contribution in [3.8, 4) is 11.3 Å². The molecule has 3 rings (SSSR count). The summed E-state index contributed by atoms with van der Waals surface area (Å²) in [6, 6.07) is 5.50. The maximum Gasteiger partial charge on any atom is 0.416 e. The van der Waals surface area contributed by atoms with Crippen LogP contribution in [0.25, 0.3) is 27.7 Å². The topological polar surface area (TPSA) is 106 Å². The smallest absolute Gasteiger partial charge is 0.404 e. The average Bonchev–Trinajstić information content (AvgIpc) is 2.78. The number of alkyl halides is 3. The highest BCUT2D eigenvalue weighted by Gasteiger charge is 2.30. The van der Waals surface area contributed by atoms with Gasteiger partial charge in [-0.2, -0.15) is 13.2 Å². The summed E-state index contributed by atoms with van der Waals surface area (Å²) < 4.78 is 40.2. The van der Waals surface area contributed by atoms with Gasteiger partial charge in [-0.05, 0) is 24.6 Å². The quantitative estimate of drug-likeness (QED) is 0.566. The molecular formula is C22H22F3N5O2. The molecule has 0 bridgehead atoms. The summed E-state index contributed by atoms with van der Waals surface area (Å²) in [5, 5.41) is 9.81. The summed E-state index contributed by atoms with van der Waals surface area (Å²) in [5.74, 6) is 0. The number of pyridine rings is 1. The van der Waals surface area contributed by atoms with Gasteiger partial charge >= 0.3 is 6.18 Å². The van der Waals surface area contributed by atoms with Crippen LogP contribution in [0, 0.1) is 0 Å². The number of benzene rings is 1. The first-order chi connectivity index (χ1) is 15.2. The number of nitrogens with zero attached hydrogens (tertiary/aromatic N) is 4. The average molecular weight is 445 g/mol. The molecule has 0 amide bonds. The lowest BCUT2D eigenvalue weighted by atomic mass is 10.0. The van der Waals surface area contributed by atoms with Gasteiger partial charge in [0.15, 0.2) is 0 Å². The van der Waals surface area contributed by atoms with Crippen LogP contribution in [0.1, 0.15) is 30.6 Å². The van der Waals surface area contributed by atoms with Crippen LogP contribution in [0.5, 0.6) is 0 Å². The van der Waals surface area contributed by atoms with Crippen LogP contribution in [-0.2, 0) is 6.18 Å². The van der Waals surface area contributed by atoms with Gasteiger partial charge in [0.2, 0.25) is 0 Å². The second-order valence-corrected chi connectivity index (χ2v) is 7.04. The standard InChI is InChI=1S/C22H22F3N5O2/c1-3-16(11-31)30-12-28-20-17(21(30)32)8-18(29-19(20)14(9-26)10-27-2)13-4-6-15(7-5-13)22(23,24)25/h4-10,12,16,31H,3,11,26H2,1-2H3. The first-order valence-corrected chi connectivity index (χ1v) is 9.79. The van der Waals surface area contributed by atoms with Gasteiger partial charge in [-0.25, -0.2) is 9.97 Å². The van der Waals surface area contributed by atoms with E-state index in [1.807, 2.05) is 6.92 Å². The summed E-state index contributed by atoms with van der Waals surface area (Å²) in [7, 11) is 1.54. The molecule has 10 heteroatoms. The third-order valence-electron chi connectivity index (χ3n) is 5.07. The Labute approximate surface area is 181 Å². The Bertz CT molecular complexity index is 1230. The molecule has 168 valence electrons. The fraction of sp³-hybridized carbons (Fsp3) is 0.273. The molecule has 0 aliphatic heterocycles. The molecule has 0 spiro atoms. The number of aliphatic imine (C=N–C) groups is 1. The molecule has 7 nitrogen and oxygen atoms in total. The van der Waals surface area contributed by atoms with E-state index in [1.54, 1.807) is 7.05 Å². The predicted molar refractivity (Wildman–Crippen MR) is 117 cm³/mol. The maximum atomic E-state index is 13.2. The fourth-order valence-electron chi connectivity index (χ4n) is 3.32. The van der Waals surface area contributed by atoms with E-state index in [0.717, 1.165) is 12.1 Å². The number of allylic oxidation sites excluding steroid dienone is 1. The van der Waals surface area contributed by atoms with Crippen LogP contribution >= 0.6 is 0 Å². The molecule has 0 saturated heterocycles. The number of nitrogens with two attached hydrogens (primary N) is 1. The second kappa shape index (κ2) is 9.31. The van der Waals surface area contributed by atoms with Gasteiger partial charge in [0.25, 0.3) is 5.56 Å². The van der Waals surface area contributed by atoms with Crippen molar-refractivity contribution < 1.29 is 18.3 Å². The van der Waals surface area contributed by atoms with E-state index in [-0.39, 0.29) is 28.9 Å². The Kier molecular flexibility index (Phi) is 6.73. The lowest BCUT2D eigenvalue weighted by Gasteiger charge is -2.17. The molecule has 2 aromatic heterocycles. The van der Waals surface area contributed by atoms with Gasteiger partial charge in [0.1, 0.15) is 11.2 Å². The number of hydrogen-bond acceptors (Lipinski definition) is 6. The van der Waals surface area contributed by atoms with Crippen molar-refractivity contribution in [2.24, 2.45) is 10.7 Å². The first kappa shape index (κ1) is 23.1. The lowest BCUT2D eigenvalue weighted by molar-refractivity contribution is -0.137. The molecule has 0 saturated carbocycles. The van der Waals surface area contributed by atoms with Gasteiger partial charge in [0, 0.05) is 30.6 Å². The molecule has 1 aromatic carbocycles. The molecule has 0 radical (unpaired) electrons. The minimum Gasteiger partial charge on any atom is -0.404 e. The van der Waals surface area contributed by atoms with Crippen LogP contribution < -0.4 is 11.3 Å². The van der Waals surface area contributed by atoms with Crippen LogP contribution in [0.4, 0.5) is 13.2 Å². The van der Waals surface area contributed by atoms with Crippen LogP contribution in [0.2, 0.25) is 0 Å². The highest BCUT2D eigenvalue weighted by molar-refractivity contribution is 6.13. The third-order valence-corrected chi connectivity index (χ3v) is 5.07. The summed E-state index contributed by atoms with van der Waals surface area (Å²) in [6.07, 6.45) is 0.0961. The SMILES string of the molecule is CCC(CO)n1cnc2c(C(C=NC)=CN)nc(-c3ccc(C(F)(F)F)cc3)cc2c1=O. The number of aliphatic hydroxyl groups is 1. The van der Waals surface area contributed by atoms with Gasteiger partial charge in [-0.1, -0.05) is 19.1 Å². The number of rotatable bonds is 6. The molecule has 0 aliphatic carbocycles. The summed E-state index contributed by atoms with van der Waals surface area (Å²) in [5.41, 5.74) is 6.13. The monoisotopic (exact) mass is 445 g/mol. The van der Waals surface area contributed by atoms with Crippen molar-refractivity contribution in [3.05, 3.63) is 64.5 Å². The van der Waals surface area contributed by atoms with E-state index in [1.165, 1.54) is 41.5 Å².